The topological polar surface area (TPSA) is 103 Å². The lowest BCUT2D eigenvalue weighted by Gasteiger charge is -2.30. The molecule has 2 fully saturated rings. The van der Waals surface area contributed by atoms with Gasteiger partial charge in [-0.2, -0.15) is 15.3 Å². The van der Waals surface area contributed by atoms with E-state index in [0.717, 1.165) is 31.6 Å². The Labute approximate surface area is 157 Å². The summed E-state index contributed by atoms with van der Waals surface area (Å²) in [6.45, 7) is 2.04. The van der Waals surface area contributed by atoms with E-state index in [-0.39, 0.29) is 5.54 Å². The number of nitriles is 1. The molecule has 9 heteroatoms. The fourth-order valence-electron chi connectivity index (χ4n) is 4.18. The number of anilines is 3. The standard InChI is InChI=1S/C17H21ClN8/c1-26-10-13(8-22-26)23-16-21-9-14(18)15(24-16)25-17(2-3-19)4-11-6-20-7-12(11)5-17/h8-12,20H,2,4-7H2,1H3,(H2,21,23,24,25). The van der Waals surface area contributed by atoms with Crippen molar-refractivity contribution in [3.8, 4) is 6.07 Å². The highest BCUT2D eigenvalue weighted by atomic mass is 35.5. The SMILES string of the molecule is Cn1cc(Nc2ncc(Cl)c(NC3(CC#N)CC4CNCC4C3)n2)cn1. The highest BCUT2D eigenvalue weighted by Crippen LogP contribution is 2.45. The molecule has 8 nitrogen and oxygen atoms in total. The smallest absolute Gasteiger partial charge is 0.229 e. The maximum Gasteiger partial charge on any atom is 0.229 e. The van der Waals surface area contributed by atoms with E-state index in [2.05, 4.69) is 37.1 Å². The molecule has 2 unspecified atom stereocenters. The maximum atomic E-state index is 9.36. The average Bonchev–Trinajstić information content (AvgIpc) is 3.27. The molecule has 0 bridgehead atoms. The maximum absolute atomic E-state index is 9.36. The first-order chi connectivity index (χ1) is 12.6. The van der Waals surface area contributed by atoms with Gasteiger partial charge in [0.1, 0.15) is 5.02 Å². The van der Waals surface area contributed by atoms with Crippen molar-refractivity contribution in [2.24, 2.45) is 18.9 Å². The molecule has 0 amide bonds. The van der Waals surface area contributed by atoms with E-state index in [9.17, 15) is 5.26 Å². The number of hydrogen-bond donors (Lipinski definition) is 3. The second-order valence-electron chi connectivity index (χ2n) is 7.24. The molecule has 1 saturated heterocycles. The Morgan fingerprint density at radius 1 is 1.38 bits per heavy atom. The van der Waals surface area contributed by atoms with Crippen molar-refractivity contribution in [1.82, 2.24) is 25.1 Å². The predicted octanol–water partition coefficient (Wildman–Crippen LogP) is 2.30. The molecule has 2 aromatic heterocycles. The Balaban J connectivity index is 1.56. The summed E-state index contributed by atoms with van der Waals surface area (Å²) >= 11 is 6.34. The minimum atomic E-state index is -0.282. The van der Waals surface area contributed by atoms with E-state index >= 15 is 0 Å². The Bertz CT molecular complexity index is 830. The largest absolute Gasteiger partial charge is 0.362 e. The van der Waals surface area contributed by atoms with Gasteiger partial charge in [0, 0.05) is 13.2 Å². The van der Waals surface area contributed by atoms with Crippen LogP contribution in [0.5, 0.6) is 0 Å². The van der Waals surface area contributed by atoms with Crippen LogP contribution in [0.2, 0.25) is 5.02 Å². The lowest BCUT2D eigenvalue weighted by atomic mass is 9.92. The summed E-state index contributed by atoms with van der Waals surface area (Å²) in [7, 11) is 1.85. The Kier molecular flexibility index (Phi) is 4.42. The molecule has 3 N–H and O–H groups in total. The van der Waals surface area contributed by atoms with Crippen LogP contribution in [0.3, 0.4) is 0 Å². The fraction of sp³-hybridized carbons (Fsp3) is 0.529. The summed E-state index contributed by atoms with van der Waals surface area (Å²) in [5.41, 5.74) is 0.518. The van der Waals surface area contributed by atoms with E-state index in [1.54, 1.807) is 17.1 Å². The molecule has 4 rings (SSSR count). The van der Waals surface area contributed by atoms with Crippen LogP contribution in [0.25, 0.3) is 0 Å². The fourth-order valence-corrected chi connectivity index (χ4v) is 4.31. The zero-order valence-corrected chi connectivity index (χ0v) is 15.3. The third-order valence-corrected chi connectivity index (χ3v) is 5.57. The molecule has 26 heavy (non-hydrogen) atoms. The van der Waals surface area contributed by atoms with E-state index in [1.165, 1.54) is 0 Å². The van der Waals surface area contributed by atoms with Crippen molar-refractivity contribution in [3.63, 3.8) is 0 Å². The molecule has 0 aromatic carbocycles. The highest BCUT2D eigenvalue weighted by Gasteiger charge is 2.47. The Morgan fingerprint density at radius 3 is 2.81 bits per heavy atom. The highest BCUT2D eigenvalue weighted by molar-refractivity contribution is 6.32. The normalized spacial score (nSPS) is 27.1. The van der Waals surface area contributed by atoms with Gasteiger partial charge in [0.25, 0.3) is 0 Å². The van der Waals surface area contributed by atoms with Crippen molar-refractivity contribution in [3.05, 3.63) is 23.6 Å². The molecule has 2 aromatic rings. The van der Waals surface area contributed by atoms with E-state index in [4.69, 9.17) is 11.6 Å². The van der Waals surface area contributed by atoms with Crippen LogP contribution in [-0.4, -0.2) is 38.4 Å². The van der Waals surface area contributed by atoms with Gasteiger partial charge in [-0.3, -0.25) is 4.68 Å². The van der Waals surface area contributed by atoms with E-state index in [0.29, 0.717) is 35.0 Å². The van der Waals surface area contributed by atoms with Crippen LogP contribution in [0, 0.1) is 23.2 Å². The van der Waals surface area contributed by atoms with Gasteiger partial charge in [0.2, 0.25) is 5.95 Å². The summed E-state index contributed by atoms with van der Waals surface area (Å²) in [5, 5.41) is 24.0. The second-order valence-corrected chi connectivity index (χ2v) is 7.65. The lowest BCUT2D eigenvalue weighted by molar-refractivity contribution is 0.446. The van der Waals surface area contributed by atoms with Crippen molar-refractivity contribution in [2.45, 2.75) is 24.8 Å². The molecular formula is C17H21ClN8. The number of halogens is 1. The van der Waals surface area contributed by atoms with E-state index in [1.807, 2.05) is 13.2 Å². The number of aryl methyl sites for hydroxylation is 1. The molecule has 3 heterocycles. The first-order valence-electron chi connectivity index (χ1n) is 8.71. The van der Waals surface area contributed by atoms with Crippen molar-refractivity contribution in [1.29, 1.82) is 5.26 Å². The molecule has 0 radical (unpaired) electrons. The monoisotopic (exact) mass is 372 g/mol. The molecule has 1 aliphatic heterocycles. The number of nitrogens with zero attached hydrogens (tertiary/aromatic N) is 5. The van der Waals surface area contributed by atoms with Gasteiger partial charge in [-0.05, 0) is 37.8 Å². The van der Waals surface area contributed by atoms with Crippen molar-refractivity contribution < 1.29 is 0 Å². The van der Waals surface area contributed by atoms with Crippen LogP contribution >= 0.6 is 11.6 Å². The number of hydrogen-bond acceptors (Lipinski definition) is 7. The third-order valence-electron chi connectivity index (χ3n) is 5.29. The van der Waals surface area contributed by atoms with Gasteiger partial charge >= 0.3 is 0 Å². The number of rotatable bonds is 5. The zero-order valence-electron chi connectivity index (χ0n) is 14.5. The van der Waals surface area contributed by atoms with Gasteiger partial charge in [-0.15, -0.1) is 0 Å². The summed E-state index contributed by atoms with van der Waals surface area (Å²) in [5.74, 6) is 2.21. The molecule has 0 spiro atoms. The van der Waals surface area contributed by atoms with Gasteiger partial charge in [-0.1, -0.05) is 11.6 Å². The second kappa shape index (κ2) is 6.74. The minimum absolute atomic E-state index is 0.282. The lowest BCUT2D eigenvalue weighted by Crippen LogP contribution is -2.37. The summed E-state index contributed by atoms with van der Waals surface area (Å²) in [6, 6.07) is 2.34. The summed E-state index contributed by atoms with van der Waals surface area (Å²) in [4.78, 5) is 8.77. The van der Waals surface area contributed by atoms with Crippen LogP contribution in [0.15, 0.2) is 18.6 Å². The minimum Gasteiger partial charge on any atom is -0.362 e. The van der Waals surface area contributed by atoms with Crippen molar-refractivity contribution in [2.75, 3.05) is 23.7 Å². The van der Waals surface area contributed by atoms with Gasteiger partial charge in [-0.25, -0.2) is 4.98 Å². The Morgan fingerprint density at radius 2 is 2.15 bits per heavy atom. The molecule has 1 aliphatic carbocycles. The average molecular weight is 373 g/mol. The Hall–Kier alpha value is -2.37. The zero-order chi connectivity index (χ0) is 18.1. The summed E-state index contributed by atoms with van der Waals surface area (Å²) < 4.78 is 1.70. The molecule has 136 valence electrons. The molecular weight excluding hydrogens is 352 g/mol. The number of nitrogens with one attached hydrogen (secondary N) is 3. The predicted molar refractivity (Wildman–Crippen MR) is 99.2 cm³/mol. The first-order valence-corrected chi connectivity index (χ1v) is 9.09. The molecule has 2 aliphatic rings. The van der Waals surface area contributed by atoms with Crippen molar-refractivity contribution >= 4 is 29.1 Å². The van der Waals surface area contributed by atoms with Crippen LogP contribution in [-0.2, 0) is 7.05 Å². The van der Waals surface area contributed by atoms with Crippen LogP contribution in [0.1, 0.15) is 19.3 Å². The first kappa shape index (κ1) is 17.1. The van der Waals surface area contributed by atoms with Gasteiger partial charge in [0.05, 0.1) is 36.1 Å². The van der Waals surface area contributed by atoms with Crippen LogP contribution < -0.4 is 16.0 Å². The quantitative estimate of drug-likeness (QED) is 0.739. The van der Waals surface area contributed by atoms with E-state index < -0.39 is 0 Å². The summed E-state index contributed by atoms with van der Waals surface area (Å²) in [6.07, 6.45) is 7.45. The number of aromatic nitrogens is 4. The van der Waals surface area contributed by atoms with Crippen LogP contribution in [0.4, 0.5) is 17.5 Å². The third kappa shape index (κ3) is 3.32. The molecule has 1 saturated carbocycles. The van der Waals surface area contributed by atoms with Gasteiger partial charge in [0.15, 0.2) is 5.82 Å². The molecule has 2 atom stereocenters. The number of fused-ring (bicyclic) bond motifs is 1. The van der Waals surface area contributed by atoms with Gasteiger partial charge < -0.3 is 16.0 Å².